The third kappa shape index (κ3) is 2.03. The lowest BCUT2D eigenvalue weighted by atomic mass is 9.91. The minimum atomic E-state index is -0.133. The second-order valence-corrected chi connectivity index (χ2v) is 5.04. The van der Waals surface area contributed by atoms with Crippen LogP contribution in [0, 0.1) is 5.41 Å². The molecule has 1 aliphatic rings. The van der Waals surface area contributed by atoms with Crippen molar-refractivity contribution in [1.29, 1.82) is 0 Å². The summed E-state index contributed by atoms with van der Waals surface area (Å²) in [6.45, 7) is 3.47. The van der Waals surface area contributed by atoms with E-state index in [0.29, 0.717) is 18.8 Å². The predicted octanol–water partition coefficient (Wildman–Crippen LogP) is 0.988. The van der Waals surface area contributed by atoms with E-state index < -0.39 is 0 Å². The van der Waals surface area contributed by atoms with E-state index in [0.717, 1.165) is 6.42 Å². The summed E-state index contributed by atoms with van der Waals surface area (Å²) in [4.78, 5) is 17.7. The lowest BCUT2D eigenvalue weighted by molar-refractivity contribution is 0.0748. The van der Waals surface area contributed by atoms with Gasteiger partial charge < -0.3 is 10.0 Å². The van der Waals surface area contributed by atoms with E-state index in [1.54, 1.807) is 15.8 Å². The minimum Gasteiger partial charge on any atom is -0.396 e. The topological polar surface area (TPSA) is 53.4 Å². The molecular formula is C10H14N2O2S. The van der Waals surface area contributed by atoms with Gasteiger partial charge in [0.1, 0.15) is 5.69 Å². The first-order valence-corrected chi connectivity index (χ1v) is 5.87. The number of carbonyl (C=O) groups is 1. The smallest absolute Gasteiger partial charge is 0.273 e. The molecule has 0 saturated carbocycles. The molecule has 82 valence electrons. The molecule has 0 radical (unpaired) electrons. The molecule has 1 fully saturated rings. The first-order valence-electron chi connectivity index (χ1n) is 4.93. The summed E-state index contributed by atoms with van der Waals surface area (Å²) in [6, 6.07) is 0. The number of aliphatic hydroxyl groups excluding tert-OH is 1. The summed E-state index contributed by atoms with van der Waals surface area (Å²) >= 11 is 1.42. The Bertz CT molecular complexity index is 352. The quantitative estimate of drug-likeness (QED) is 0.818. The maximum Gasteiger partial charge on any atom is 0.273 e. The molecule has 0 spiro atoms. The fraction of sp³-hybridized carbons (Fsp3) is 0.600. The molecule has 1 aromatic heterocycles. The Morgan fingerprint density at radius 3 is 3.13 bits per heavy atom. The van der Waals surface area contributed by atoms with Crippen LogP contribution >= 0.6 is 11.3 Å². The second-order valence-electron chi connectivity index (χ2n) is 4.32. The number of nitrogens with zero attached hydrogens (tertiary/aromatic N) is 2. The van der Waals surface area contributed by atoms with Gasteiger partial charge in [0.15, 0.2) is 0 Å². The van der Waals surface area contributed by atoms with Gasteiger partial charge in [0.2, 0.25) is 0 Å². The minimum absolute atomic E-state index is 0.0200. The van der Waals surface area contributed by atoms with E-state index in [-0.39, 0.29) is 17.9 Å². The van der Waals surface area contributed by atoms with E-state index in [9.17, 15) is 9.90 Å². The van der Waals surface area contributed by atoms with Crippen molar-refractivity contribution < 1.29 is 9.90 Å². The highest BCUT2D eigenvalue weighted by molar-refractivity contribution is 7.07. The molecule has 1 saturated heterocycles. The molecule has 15 heavy (non-hydrogen) atoms. The average Bonchev–Trinajstić information content (AvgIpc) is 2.86. The van der Waals surface area contributed by atoms with Crippen molar-refractivity contribution in [2.24, 2.45) is 5.41 Å². The Morgan fingerprint density at radius 1 is 1.80 bits per heavy atom. The fourth-order valence-corrected chi connectivity index (χ4v) is 2.33. The lowest BCUT2D eigenvalue weighted by Gasteiger charge is -2.21. The van der Waals surface area contributed by atoms with Crippen LogP contribution in [0.3, 0.4) is 0 Å². The molecule has 1 amide bonds. The van der Waals surface area contributed by atoms with Crippen molar-refractivity contribution in [1.82, 2.24) is 9.88 Å². The number of thiazole rings is 1. The van der Waals surface area contributed by atoms with Crippen LogP contribution in [-0.4, -0.2) is 40.6 Å². The number of rotatable bonds is 2. The molecule has 1 aliphatic heterocycles. The van der Waals surface area contributed by atoms with Crippen molar-refractivity contribution in [3.05, 3.63) is 16.6 Å². The van der Waals surface area contributed by atoms with Gasteiger partial charge in [-0.25, -0.2) is 4.98 Å². The van der Waals surface area contributed by atoms with Crippen LogP contribution < -0.4 is 0 Å². The van der Waals surface area contributed by atoms with Gasteiger partial charge in [-0.2, -0.15) is 0 Å². The van der Waals surface area contributed by atoms with Crippen LogP contribution in [0.4, 0.5) is 0 Å². The summed E-state index contributed by atoms with van der Waals surface area (Å²) in [6.07, 6.45) is 0.860. The summed E-state index contributed by atoms with van der Waals surface area (Å²) < 4.78 is 0. The average molecular weight is 226 g/mol. The number of hydrogen-bond donors (Lipinski definition) is 1. The van der Waals surface area contributed by atoms with Crippen LogP contribution in [0.25, 0.3) is 0 Å². The number of amides is 1. The highest BCUT2D eigenvalue weighted by Gasteiger charge is 2.36. The number of aliphatic hydroxyl groups is 1. The number of aromatic nitrogens is 1. The Hall–Kier alpha value is -0.940. The van der Waals surface area contributed by atoms with Crippen molar-refractivity contribution in [3.8, 4) is 0 Å². The molecule has 2 heterocycles. The Kier molecular flexibility index (Phi) is 2.75. The van der Waals surface area contributed by atoms with Gasteiger partial charge in [-0.05, 0) is 6.42 Å². The van der Waals surface area contributed by atoms with Gasteiger partial charge in [-0.15, -0.1) is 11.3 Å². The monoisotopic (exact) mass is 226 g/mol. The first kappa shape index (κ1) is 10.6. The maximum absolute atomic E-state index is 11.9. The molecule has 0 aliphatic carbocycles. The molecule has 1 unspecified atom stereocenters. The van der Waals surface area contributed by atoms with Gasteiger partial charge >= 0.3 is 0 Å². The number of carbonyl (C=O) groups excluding carboxylic acids is 1. The van der Waals surface area contributed by atoms with Crippen molar-refractivity contribution in [3.63, 3.8) is 0 Å². The normalized spacial score (nSPS) is 25.9. The summed E-state index contributed by atoms with van der Waals surface area (Å²) in [5.41, 5.74) is 2.04. The van der Waals surface area contributed by atoms with Gasteiger partial charge in [0.05, 0.1) is 12.1 Å². The maximum atomic E-state index is 11.9. The van der Waals surface area contributed by atoms with Crippen LogP contribution in [0.2, 0.25) is 0 Å². The molecule has 1 aromatic rings. The van der Waals surface area contributed by atoms with Gasteiger partial charge in [0, 0.05) is 23.9 Å². The first-order chi connectivity index (χ1) is 7.14. The Labute approximate surface area is 92.6 Å². The summed E-state index contributed by atoms with van der Waals surface area (Å²) in [7, 11) is 0. The second kappa shape index (κ2) is 3.90. The van der Waals surface area contributed by atoms with Crippen LogP contribution in [-0.2, 0) is 0 Å². The van der Waals surface area contributed by atoms with E-state index >= 15 is 0 Å². The number of hydrogen-bond acceptors (Lipinski definition) is 4. The molecule has 2 rings (SSSR count). The third-order valence-corrected chi connectivity index (χ3v) is 3.46. The Balaban J connectivity index is 2.06. The lowest BCUT2D eigenvalue weighted by Crippen LogP contribution is -2.32. The SMILES string of the molecule is CC1(CO)CCN(C(=O)c2cscn2)C1. The zero-order valence-electron chi connectivity index (χ0n) is 8.64. The van der Waals surface area contributed by atoms with E-state index in [2.05, 4.69) is 4.98 Å². The predicted molar refractivity (Wildman–Crippen MR) is 57.8 cm³/mol. The molecule has 1 atom stereocenters. The standard InChI is InChI=1S/C10H14N2O2S/c1-10(6-13)2-3-12(5-10)9(14)8-4-15-7-11-8/h4,7,13H,2-3,5-6H2,1H3. The van der Waals surface area contributed by atoms with Gasteiger partial charge in [0.25, 0.3) is 5.91 Å². The highest BCUT2D eigenvalue weighted by atomic mass is 32.1. The molecule has 4 nitrogen and oxygen atoms in total. The van der Waals surface area contributed by atoms with Gasteiger partial charge in [-0.1, -0.05) is 6.92 Å². The van der Waals surface area contributed by atoms with Crippen LogP contribution in [0.5, 0.6) is 0 Å². The van der Waals surface area contributed by atoms with Crippen molar-refractivity contribution >= 4 is 17.2 Å². The molecular weight excluding hydrogens is 212 g/mol. The molecule has 0 aromatic carbocycles. The third-order valence-electron chi connectivity index (χ3n) is 2.88. The fourth-order valence-electron chi connectivity index (χ4n) is 1.81. The summed E-state index contributed by atoms with van der Waals surface area (Å²) in [5.74, 6) is -0.0200. The van der Waals surface area contributed by atoms with Crippen LogP contribution in [0.1, 0.15) is 23.8 Å². The zero-order valence-corrected chi connectivity index (χ0v) is 9.46. The number of likely N-dealkylation sites (tertiary alicyclic amines) is 1. The highest BCUT2D eigenvalue weighted by Crippen LogP contribution is 2.29. The summed E-state index contributed by atoms with van der Waals surface area (Å²) in [5, 5.41) is 11.0. The van der Waals surface area contributed by atoms with Crippen molar-refractivity contribution in [2.45, 2.75) is 13.3 Å². The molecule has 1 N–H and O–H groups in total. The van der Waals surface area contributed by atoms with Gasteiger partial charge in [-0.3, -0.25) is 4.79 Å². The molecule has 0 bridgehead atoms. The zero-order chi connectivity index (χ0) is 10.9. The van der Waals surface area contributed by atoms with Crippen molar-refractivity contribution in [2.75, 3.05) is 19.7 Å². The van der Waals surface area contributed by atoms with Crippen LogP contribution in [0.15, 0.2) is 10.9 Å². The molecule has 5 heteroatoms. The van der Waals surface area contributed by atoms with E-state index in [1.807, 2.05) is 6.92 Å². The Morgan fingerprint density at radius 2 is 2.60 bits per heavy atom. The van der Waals surface area contributed by atoms with E-state index in [1.165, 1.54) is 11.3 Å². The van der Waals surface area contributed by atoms with E-state index in [4.69, 9.17) is 0 Å². The largest absolute Gasteiger partial charge is 0.396 e.